The van der Waals surface area contributed by atoms with Crippen LogP contribution in [0.2, 0.25) is 0 Å². The average molecular weight is 654 g/mol. The molecule has 0 fully saturated rings. The van der Waals surface area contributed by atoms with E-state index in [4.69, 9.17) is 5.11 Å². The number of carbonyl (C=O) groups is 1. The second-order valence-electron chi connectivity index (χ2n) is 0.607. The van der Waals surface area contributed by atoms with E-state index >= 15 is 0 Å². The van der Waals surface area contributed by atoms with Crippen LogP contribution >= 0.6 is 0 Å². The molecule has 1 N–H and O–H groups in total. The van der Waals surface area contributed by atoms with Crippen molar-refractivity contribution in [3.05, 3.63) is 0 Å². The van der Waals surface area contributed by atoms with E-state index in [9.17, 15) is 4.79 Å². The Bertz CT molecular complexity index is 61.7. The molecule has 0 heterocycles. The summed E-state index contributed by atoms with van der Waals surface area (Å²) in [5, 5.41) is 8.04. The molecule has 37 valence electrons. The molecule has 1 atom stereocenters. The number of carboxylic acid groups (broad SMARTS) is 1. The van der Waals surface area contributed by atoms with Gasteiger partial charge in [-0.3, -0.25) is 0 Å². The molecule has 0 aromatic heterocycles. The molecule has 0 aliphatic carbocycles. The first-order chi connectivity index (χ1) is 2.77. The quantitative estimate of drug-likeness (QED) is 0.351. The molecule has 2 radical (unpaired) electrons. The van der Waals surface area contributed by atoms with E-state index in [0.29, 0.717) is 0 Å². The van der Waals surface area contributed by atoms with Gasteiger partial charge in [0.15, 0.2) is 0 Å². The van der Waals surface area contributed by atoms with Crippen LogP contribution in [0.15, 0.2) is 0 Å². The molecule has 7 heavy (non-hydrogen) atoms. The van der Waals surface area contributed by atoms with Crippen LogP contribution in [0.3, 0.4) is 0 Å². The van der Waals surface area contributed by atoms with Crippen molar-refractivity contribution in [2.45, 2.75) is 0 Å². The molecule has 1 unspecified atom stereocenters. The third-order valence-corrected chi connectivity index (χ3v) is 30.8. The molecule has 0 bridgehead atoms. The zero-order chi connectivity index (χ0) is 4.99. The summed E-state index contributed by atoms with van der Waals surface area (Å²) in [4.78, 5) is 9.73. The summed E-state index contributed by atoms with van der Waals surface area (Å²) < 4.78 is -0.461. The molecular weight excluding hydrogens is 648 g/mol. The van der Waals surface area contributed by atoms with E-state index < -0.39 is 4.76 Å². The summed E-state index contributed by atoms with van der Waals surface area (Å²) >= 11 is 0.399. The Morgan fingerprint density at radius 2 is 2.29 bits per heavy atom. The van der Waals surface area contributed by atoms with Crippen molar-refractivity contribution in [3.8, 4) is 0 Å². The molecule has 0 aliphatic heterocycles. The van der Waals surface area contributed by atoms with Gasteiger partial charge in [0, 0.05) is 0 Å². The van der Waals surface area contributed by atoms with Gasteiger partial charge in [0.1, 0.15) is 0 Å². The Balaban J connectivity index is 0. The van der Waals surface area contributed by atoms with Crippen LogP contribution in [0.1, 0.15) is 0 Å². The van der Waals surface area contributed by atoms with Gasteiger partial charge in [-0.05, 0) is 0 Å². The molecule has 6 heteroatoms. The fraction of sp³-hybridized carbons (Fsp3) is 0. The molecule has 0 aliphatic rings. The first kappa shape index (κ1) is 12.4. The van der Waals surface area contributed by atoms with E-state index in [1.54, 1.807) is 0 Å². The molecule has 0 spiro atoms. The summed E-state index contributed by atoms with van der Waals surface area (Å²) in [6, 6.07) is 0. The number of rotatable bonds is 2. The summed E-state index contributed by atoms with van der Waals surface area (Å²) in [5.41, 5.74) is 0. The Labute approximate surface area is 88.0 Å². The van der Waals surface area contributed by atoms with E-state index in [2.05, 4.69) is 0 Å². The Morgan fingerprint density at radius 1 is 1.86 bits per heavy atom. The second kappa shape index (κ2) is 8.70. The van der Waals surface area contributed by atoms with Gasteiger partial charge in [0.25, 0.3) is 0 Å². The van der Waals surface area contributed by atoms with Crippen LogP contribution in [-0.2, 0) is 21.7 Å². The molecule has 0 aromatic carbocycles. The summed E-state index contributed by atoms with van der Waals surface area (Å²) in [6.07, 6.45) is 0. The van der Waals surface area contributed by atoms with Crippen molar-refractivity contribution in [3.63, 3.8) is 0 Å². The van der Waals surface area contributed by atoms with Crippen LogP contribution in [-0.4, -0.2) is 63.6 Å². The van der Waals surface area contributed by atoms with Crippen LogP contribution < -0.4 is 0 Å². The van der Waals surface area contributed by atoms with Gasteiger partial charge < -0.3 is 0 Å². The van der Waals surface area contributed by atoms with E-state index in [1.807, 2.05) is 0 Å². The number of hydrogen-bond donors (Lipinski definition) is 1. The van der Waals surface area contributed by atoms with E-state index in [-0.39, 0.29) is 53.7 Å². The van der Waals surface area contributed by atoms with Gasteiger partial charge in [-0.2, -0.15) is 0 Å². The normalized spacial score (nSPS) is 8.86. The molecule has 0 amide bonds. The summed E-state index contributed by atoms with van der Waals surface area (Å²) in [5.74, 6) is 0. The molecule has 0 saturated heterocycles. The Kier molecular flexibility index (Phi) is 15.4. The van der Waals surface area contributed by atoms with Crippen molar-refractivity contribution in [1.82, 2.24) is 0 Å². The van der Waals surface area contributed by atoms with Crippen LogP contribution in [0.25, 0.3) is 0 Å². The summed E-state index contributed by atoms with van der Waals surface area (Å²) in [6.45, 7) is 0. The monoisotopic (exact) mass is 655 g/mol. The van der Waals surface area contributed by atoms with Gasteiger partial charge in [-0.15, -0.1) is 0 Å². The van der Waals surface area contributed by atoms with Gasteiger partial charge in [0.05, 0.1) is 0 Å². The van der Waals surface area contributed by atoms with E-state index in [0.717, 1.165) is 21.7 Å². The van der Waals surface area contributed by atoms with Gasteiger partial charge in [0.2, 0.25) is 0 Å². The Hall–Kier alpha value is 2.70. The van der Waals surface area contributed by atoms with Crippen LogP contribution in [0.4, 0.5) is 4.79 Å². The van der Waals surface area contributed by atoms with Crippen molar-refractivity contribution in [2.24, 2.45) is 0 Å². The number of hydrogen-bond acceptors (Lipinski definition) is 1. The van der Waals surface area contributed by atoms with Gasteiger partial charge in [-0.1, -0.05) is 0 Å². The first-order valence-corrected chi connectivity index (χ1v) is 31.3. The molecular formula is CH5AsHgO2PbSb. The molecule has 2 nitrogen and oxygen atoms in total. The van der Waals surface area contributed by atoms with Crippen LogP contribution in [0, 0.1) is 0 Å². The summed E-state index contributed by atoms with van der Waals surface area (Å²) in [7, 11) is 0. The van der Waals surface area contributed by atoms with Gasteiger partial charge in [-0.25, -0.2) is 0 Å². The van der Waals surface area contributed by atoms with Gasteiger partial charge >= 0.3 is 90.1 Å². The van der Waals surface area contributed by atoms with Crippen molar-refractivity contribution >= 4 is 58.5 Å². The minimum absolute atomic E-state index is 0. The van der Waals surface area contributed by atoms with Crippen molar-refractivity contribution in [2.75, 3.05) is 0 Å². The SMILES string of the molecule is O=C(O)[AsH][SbH][Hg].[PbH2]. The molecule has 0 rings (SSSR count). The van der Waals surface area contributed by atoms with Crippen molar-refractivity contribution in [1.29, 1.82) is 0 Å². The Morgan fingerprint density at radius 3 is 2.29 bits per heavy atom. The zero-order valence-electron chi connectivity index (χ0n) is 3.77. The van der Waals surface area contributed by atoms with Crippen molar-refractivity contribution < 1.29 is 31.6 Å². The zero-order valence-corrected chi connectivity index (χ0v) is 19.7. The first-order valence-electron chi connectivity index (χ1n) is 1.28. The average Bonchev–Trinajstić information content (AvgIpc) is 1.35. The fourth-order valence-corrected chi connectivity index (χ4v) is 23.1. The predicted octanol–water partition coefficient (Wildman–Crippen LogP) is -2.00. The molecule has 0 saturated carbocycles. The van der Waals surface area contributed by atoms with Crippen LogP contribution in [0.5, 0.6) is 0 Å². The third-order valence-electron chi connectivity index (χ3n) is 0.195. The topological polar surface area (TPSA) is 37.3 Å². The minimum atomic E-state index is -0.461. The fourth-order valence-electron chi connectivity index (χ4n) is 0.0756. The molecule has 0 aromatic rings. The van der Waals surface area contributed by atoms with E-state index in [1.165, 1.54) is 0 Å². The second-order valence-corrected chi connectivity index (χ2v) is 59.6. The third kappa shape index (κ3) is 12.0. The standard InChI is InChI=1S/CH2AsO2.Hg.Pb.Sb.3H/c2-1(3)4;;;;;;/h2H,(H,3,4);;;;;;/q-1;;;+1;;;. The maximum absolute atomic E-state index is 9.73. The predicted molar refractivity (Wildman–Crippen MR) is 30.9 cm³/mol. The maximum atomic E-state index is 9.73.